The van der Waals surface area contributed by atoms with Gasteiger partial charge in [-0.25, -0.2) is 0 Å². The minimum atomic E-state index is -0.338. The summed E-state index contributed by atoms with van der Waals surface area (Å²) in [4.78, 5) is 22.9. The maximum Gasteiger partial charge on any atom is 0.258 e. The molecule has 2 N–H and O–H groups in total. The molecule has 0 aromatic heterocycles. The Hall–Kier alpha value is -2.08. The van der Waals surface area contributed by atoms with Crippen LogP contribution in [0.25, 0.3) is 0 Å². The van der Waals surface area contributed by atoms with Gasteiger partial charge in [0.1, 0.15) is 5.75 Å². The lowest BCUT2D eigenvalue weighted by Gasteiger charge is -2.09. The second kappa shape index (κ2) is 8.97. The molecule has 0 aliphatic carbocycles. The summed E-state index contributed by atoms with van der Waals surface area (Å²) in [5, 5.41) is 5.10. The van der Waals surface area contributed by atoms with E-state index in [9.17, 15) is 9.59 Å². The number of hydrogen-bond acceptors (Lipinski definition) is 4. The number of methoxy groups -OCH3 is 1. The summed E-state index contributed by atoms with van der Waals surface area (Å²) < 4.78 is 10.2. The van der Waals surface area contributed by atoms with Crippen LogP contribution < -0.4 is 15.4 Å². The summed E-state index contributed by atoms with van der Waals surface area (Å²) in [6.45, 7) is 4.66. The standard InChI is InChI=1S/C15H22N2O4/c1-11-4-5-13(8-12(11)2)21-10-15(19)17-9-14(18)16-6-7-20-3/h4-5,8H,6-7,9-10H2,1-3H3,(H,16,18)(H,17,19). The molecule has 0 fully saturated rings. The first kappa shape index (κ1) is 17.0. The third-order valence-electron chi connectivity index (χ3n) is 2.92. The quantitative estimate of drug-likeness (QED) is 0.687. The number of benzene rings is 1. The lowest BCUT2D eigenvalue weighted by atomic mass is 10.1. The highest BCUT2D eigenvalue weighted by atomic mass is 16.5. The Balaban J connectivity index is 2.24. The number of hydrogen-bond donors (Lipinski definition) is 2. The lowest BCUT2D eigenvalue weighted by Crippen LogP contribution is -2.39. The first-order valence-electron chi connectivity index (χ1n) is 6.75. The number of amides is 2. The molecule has 0 saturated heterocycles. The summed E-state index contributed by atoms with van der Waals surface area (Å²) >= 11 is 0. The van der Waals surface area contributed by atoms with Gasteiger partial charge in [-0.15, -0.1) is 0 Å². The van der Waals surface area contributed by atoms with Crippen LogP contribution in [0.3, 0.4) is 0 Å². The number of nitrogens with one attached hydrogen (secondary N) is 2. The molecule has 6 nitrogen and oxygen atoms in total. The molecule has 21 heavy (non-hydrogen) atoms. The maximum absolute atomic E-state index is 11.6. The van der Waals surface area contributed by atoms with Crippen molar-refractivity contribution in [1.82, 2.24) is 10.6 Å². The Bertz CT molecular complexity index is 489. The average Bonchev–Trinajstić information content (AvgIpc) is 2.46. The fourth-order valence-electron chi connectivity index (χ4n) is 1.54. The van der Waals surface area contributed by atoms with Crippen LogP contribution in [0.15, 0.2) is 18.2 Å². The largest absolute Gasteiger partial charge is 0.484 e. The van der Waals surface area contributed by atoms with Gasteiger partial charge in [0.15, 0.2) is 6.61 Å². The van der Waals surface area contributed by atoms with E-state index in [-0.39, 0.29) is 25.0 Å². The molecule has 2 amide bonds. The van der Waals surface area contributed by atoms with Crippen molar-refractivity contribution >= 4 is 11.8 Å². The van der Waals surface area contributed by atoms with E-state index in [4.69, 9.17) is 9.47 Å². The van der Waals surface area contributed by atoms with Gasteiger partial charge in [-0.05, 0) is 37.1 Å². The summed E-state index contributed by atoms with van der Waals surface area (Å²) in [5.41, 5.74) is 2.27. The molecule has 0 unspecified atom stereocenters. The van der Waals surface area contributed by atoms with Crippen molar-refractivity contribution < 1.29 is 19.1 Å². The minimum absolute atomic E-state index is 0.0706. The Morgan fingerprint density at radius 2 is 1.86 bits per heavy atom. The molecular formula is C15H22N2O4. The highest BCUT2D eigenvalue weighted by molar-refractivity contribution is 5.85. The van der Waals surface area contributed by atoms with Gasteiger partial charge in [-0.3, -0.25) is 9.59 Å². The number of aryl methyl sites for hydroxylation is 2. The number of carbonyl (C=O) groups is 2. The van der Waals surface area contributed by atoms with E-state index in [2.05, 4.69) is 10.6 Å². The number of rotatable bonds is 8. The van der Waals surface area contributed by atoms with Crippen LogP contribution in [0.1, 0.15) is 11.1 Å². The molecule has 0 heterocycles. The third-order valence-corrected chi connectivity index (χ3v) is 2.92. The number of ether oxygens (including phenoxy) is 2. The first-order valence-corrected chi connectivity index (χ1v) is 6.75. The van der Waals surface area contributed by atoms with Crippen molar-refractivity contribution in [2.24, 2.45) is 0 Å². The van der Waals surface area contributed by atoms with Crippen molar-refractivity contribution in [3.63, 3.8) is 0 Å². The molecule has 0 aliphatic rings. The van der Waals surface area contributed by atoms with Crippen molar-refractivity contribution in [1.29, 1.82) is 0 Å². The highest BCUT2D eigenvalue weighted by Crippen LogP contribution is 2.16. The van der Waals surface area contributed by atoms with Gasteiger partial charge in [-0.1, -0.05) is 6.07 Å². The Morgan fingerprint density at radius 3 is 2.52 bits per heavy atom. The van der Waals surface area contributed by atoms with Gasteiger partial charge in [0.2, 0.25) is 5.91 Å². The van der Waals surface area contributed by atoms with Crippen LogP contribution in [0.2, 0.25) is 0 Å². The van der Waals surface area contributed by atoms with Crippen LogP contribution in [-0.4, -0.2) is 45.2 Å². The molecule has 0 aliphatic heterocycles. The first-order chi connectivity index (χ1) is 10.0. The van der Waals surface area contributed by atoms with Gasteiger partial charge in [0.05, 0.1) is 13.2 Å². The Labute approximate surface area is 124 Å². The Morgan fingerprint density at radius 1 is 1.10 bits per heavy atom. The maximum atomic E-state index is 11.6. The van der Waals surface area contributed by atoms with E-state index in [1.807, 2.05) is 32.0 Å². The molecule has 1 aromatic rings. The normalized spacial score (nSPS) is 10.0. The van der Waals surface area contributed by atoms with Gasteiger partial charge in [0.25, 0.3) is 5.91 Å². The SMILES string of the molecule is COCCNC(=O)CNC(=O)COc1ccc(C)c(C)c1. The topological polar surface area (TPSA) is 76.7 Å². The predicted molar refractivity (Wildman–Crippen MR) is 79.3 cm³/mol. The van der Waals surface area contributed by atoms with Crippen molar-refractivity contribution in [2.45, 2.75) is 13.8 Å². The van der Waals surface area contributed by atoms with Crippen molar-refractivity contribution in [2.75, 3.05) is 33.4 Å². The van der Waals surface area contributed by atoms with E-state index in [1.165, 1.54) is 5.56 Å². The second-order valence-corrected chi connectivity index (χ2v) is 4.65. The van der Waals surface area contributed by atoms with E-state index < -0.39 is 0 Å². The van der Waals surface area contributed by atoms with E-state index >= 15 is 0 Å². The van der Waals surface area contributed by atoms with Crippen LogP contribution in [-0.2, 0) is 14.3 Å². The van der Waals surface area contributed by atoms with Crippen LogP contribution in [0.4, 0.5) is 0 Å². The molecule has 116 valence electrons. The minimum Gasteiger partial charge on any atom is -0.484 e. The molecule has 1 rings (SSSR count). The molecule has 0 bridgehead atoms. The second-order valence-electron chi connectivity index (χ2n) is 4.65. The zero-order chi connectivity index (χ0) is 15.7. The Kier molecular flexibility index (Phi) is 7.25. The van der Waals surface area contributed by atoms with Crippen LogP contribution >= 0.6 is 0 Å². The molecule has 1 aromatic carbocycles. The summed E-state index contributed by atoms with van der Waals surface area (Å²) in [6.07, 6.45) is 0. The number of carbonyl (C=O) groups excluding carboxylic acids is 2. The molecular weight excluding hydrogens is 272 g/mol. The molecule has 0 saturated carbocycles. The molecule has 6 heteroatoms. The molecule has 0 atom stereocenters. The predicted octanol–water partition coefficient (Wildman–Crippen LogP) is 0.561. The third kappa shape index (κ3) is 6.76. The van der Waals surface area contributed by atoms with Gasteiger partial charge >= 0.3 is 0 Å². The summed E-state index contributed by atoms with van der Waals surface area (Å²) in [5.74, 6) is 0.0412. The van der Waals surface area contributed by atoms with Crippen molar-refractivity contribution in [3.05, 3.63) is 29.3 Å². The van der Waals surface area contributed by atoms with Crippen LogP contribution in [0, 0.1) is 13.8 Å². The van der Waals surface area contributed by atoms with Gasteiger partial charge in [-0.2, -0.15) is 0 Å². The van der Waals surface area contributed by atoms with E-state index in [0.717, 1.165) is 5.56 Å². The zero-order valence-corrected chi connectivity index (χ0v) is 12.7. The summed E-state index contributed by atoms with van der Waals surface area (Å²) in [6, 6.07) is 5.62. The zero-order valence-electron chi connectivity index (χ0n) is 12.7. The van der Waals surface area contributed by atoms with Gasteiger partial charge < -0.3 is 20.1 Å². The van der Waals surface area contributed by atoms with E-state index in [0.29, 0.717) is 18.9 Å². The monoisotopic (exact) mass is 294 g/mol. The van der Waals surface area contributed by atoms with Crippen LogP contribution in [0.5, 0.6) is 5.75 Å². The smallest absolute Gasteiger partial charge is 0.258 e. The van der Waals surface area contributed by atoms with Crippen molar-refractivity contribution in [3.8, 4) is 5.75 Å². The molecule has 0 spiro atoms. The fourth-order valence-corrected chi connectivity index (χ4v) is 1.54. The highest BCUT2D eigenvalue weighted by Gasteiger charge is 2.06. The van der Waals surface area contributed by atoms with E-state index in [1.54, 1.807) is 7.11 Å². The summed E-state index contributed by atoms with van der Waals surface area (Å²) in [7, 11) is 1.55. The molecule has 0 radical (unpaired) electrons. The average molecular weight is 294 g/mol. The lowest BCUT2D eigenvalue weighted by molar-refractivity contribution is -0.127. The fraction of sp³-hybridized carbons (Fsp3) is 0.467. The van der Waals surface area contributed by atoms with Gasteiger partial charge in [0, 0.05) is 13.7 Å².